The second kappa shape index (κ2) is 13.9. The van der Waals surface area contributed by atoms with Crippen LogP contribution in [0.2, 0.25) is 0 Å². The van der Waals surface area contributed by atoms with Gasteiger partial charge in [0.2, 0.25) is 0 Å². The zero-order chi connectivity index (χ0) is 39.6. The molecule has 0 N–H and O–H groups in total. The first-order valence-electron chi connectivity index (χ1n) is 20.7. The average Bonchev–Trinajstić information content (AvgIpc) is 3.59. The lowest BCUT2D eigenvalue weighted by molar-refractivity contribution is 1.28. The quantitative estimate of drug-likeness (QED) is 0.165. The summed E-state index contributed by atoms with van der Waals surface area (Å²) in [4.78, 5) is 4.82. The predicted octanol–water partition coefficient (Wildman–Crippen LogP) is 16.4. The second-order valence-electron chi connectivity index (χ2n) is 15.7. The third-order valence-corrected chi connectivity index (χ3v) is 12.3. The summed E-state index contributed by atoms with van der Waals surface area (Å²) in [5, 5.41) is 7.50. The minimum absolute atomic E-state index is 1.14. The molecule has 60 heavy (non-hydrogen) atoms. The maximum absolute atomic E-state index is 2.43. The summed E-state index contributed by atoms with van der Waals surface area (Å²) < 4.78 is 0. The topological polar surface area (TPSA) is 6.48 Å². The summed E-state index contributed by atoms with van der Waals surface area (Å²) in [5.41, 5.74) is 16.5. The summed E-state index contributed by atoms with van der Waals surface area (Å²) in [6.45, 7) is 0. The van der Waals surface area contributed by atoms with Crippen molar-refractivity contribution < 1.29 is 0 Å². The molecule has 0 aromatic heterocycles. The number of fused-ring (bicyclic) bond motifs is 9. The molecule has 0 aliphatic carbocycles. The Morgan fingerprint density at radius 3 is 1.08 bits per heavy atom. The van der Waals surface area contributed by atoms with E-state index in [-0.39, 0.29) is 0 Å². The van der Waals surface area contributed by atoms with Crippen LogP contribution in [0.5, 0.6) is 0 Å². The monoisotopic (exact) mass is 762 g/mol. The van der Waals surface area contributed by atoms with Crippen LogP contribution < -0.4 is 9.80 Å². The average molecular weight is 763 g/mol. The van der Waals surface area contributed by atoms with Gasteiger partial charge in [-0.2, -0.15) is 0 Å². The summed E-state index contributed by atoms with van der Waals surface area (Å²) in [6.07, 6.45) is 8.99. The van der Waals surface area contributed by atoms with E-state index in [9.17, 15) is 0 Å². The van der Waals surface area contributed by atoms with Crippen LogP contribution >= 0.6 is 0 Å². The van der Waals surface area contributed by atoms with Gasteiger partial charge in [-0.25, -0.2) is 0 Å². The molecule has 2 aliphatic heterocycles. The van der Waals surface area contributed by atoms with Gasteiger partial charge in [-0.1, -0.05) is 170 Å². The molecule has 0 amide bonds. The Kier molecular flexibility index (Phi) is 7.89. The van der Waals surface area contributed by atoms with Gasteiger partial charge in [-0.05, 0) is 137 Å². The van der Waals surface area contributed by atoms with Crippen molar-refractivity contribution >= 4 is 90.7 Å². The molecule has 0 radical (unpaired) electrons. The third kappa shape index (κ3) is 5.50. The first-order chi connectivity index (χ1) is 29.8. The van der Waals surface area contributed by atoms with Gasteiger partial charge in [-0.3, -0.25) is 0 Å². The molecule has 10 aromatic carbocycles. The smallest absolute Gasteiger partial charge is 0.0540 e. The first kappa shape index (κ1) is 34.1. The van der Waals surface area contributed by atoms with E-state index in [1.54, 1.807) is 0 Å². The minimum Gasteiger partial charge on any atom is -0.309 e. The van der Waals surface area contributed by atoms with Crippen molar-refractivity contribution in [2.45, 2.75) is 0 Å². The zero-order valence-corrected chi connectivity index (χ0v) is 32.8. The van der Waals surface area contributed by atoms with E-state index in [1.807, 2.05) is 0 Å². The van der Waals surface area contributed by atoms with E-state index in [2.05, 4.69) is 240 Å². The van der Waals surface area contributed by atoms with Crippen LogP contribution in [0.15, 0.2) is 206 Å². The number of nitrogens with zero attached hydrogens (tertiary/aromatic N) is 2. The first-order valence-corrected chi connectivity index (χ1v) is 20.7. The third-order valence-electron chi connectivity index (χ3n) is 12.3. The molecule has 0 fully saturated rings. The fourth-order valence-electron chi connectivity index (χ4n) is 9.54. The van der Waals surface area contributed by atoms with Crippen LogP contribution in [0.3, 0.4) is 0 Å². The van der Waals surface area contributed by atoms with Crippen LogP contribution in [0.1, 0.15) is 22.3 Å². The predicted molar refractivity (Wildman–Crippen MR) is 257 cm³/mol. The van der Waals surface area contributed by atoms with E-state index in [0.717, 1.165) is 22.7 Å². The number of hydrogen-bond acceptors (Lipinski definition) is 2. The lowest BCUT2D eigenvalue weighted by atomic mass is 9.87. The molecule has 0 unspecified atom stereocenters. The standard InChI is InChI=1S/C58H38N2/c1-3-17-46(18-4-1)59-54-25-13-7-15-39(54)27-29-41-31-33-43(37-56(41)59)52-35-45-36-53(49-22-10-12-24-51(49)58(45)50-23-11-9-21-48(50)52)44-34-32-42-30-28-40-16-8-14-26-55(40)60(57(42)38-44)47-19-5-2-6-20-47/h1-38H. The number of anilines is 6. The van der Waals surface area contributed by atoms with Gasteiger partial charge in [-0.15, -0.1) is 0 Å². The fraction of sp³-hybridized carbons (Fsp3) is 0. The Morgan fingerprint density at radius 2 is 0.633 bits per heavy atom. The Bertz CT molecular complexity index is 3150. The molecule has 280 valence electrons. The molecule has 2 heterocycles. The summed E-state index contributed by atoms with van der Waals surface area (Å²) >= 11 is 0. The fourth-order valence-corrected chi connectivity index (χ4v) is 9.54. The van der Waals surface area contributed by atoms with Gasteiger partial charge < -0.3 is 9.80 Å². The second-order valence-corrected chi connectivity index (χ2v) is 15.7. The van der Waals surface area contributed by atoms with Crippen molar-refractivity contribution in [3.05, 3.63) is 229 Å². The highest BCUT2D eigenvalue weighted by molar-refractivity contribution is 6.26. The van der Waals surface area contributed by atoms with Crippen LogP contribution in [0, 0.1) is 0 Å². The van der Waals surface area contributed by atoms with Crippen molar-refractivity contribution in [1.29, 1.82) is 0 Å². The maximum Gasteiger partial charge on any atom is 0.0540 e. The zero-order valence-electron chi connectivity index (χ0n) is 32.8. The highest BCUT2D eigenvalue weighted by atomic mass is 15.2. The molecule has 0 atom stereocenters. The Morgan fingerprint density at radius 1 is 0.267 bits per heavy atom. The lowest BCUT2D eigenvalue weighted by Crippen LogP contribution is -2.11. The molecule has 0 saturated carbocycles. The summed E-state index contributed by atoms with van der Waals surface area (Å²) in [7, 11) is 0. The van der Waals surface area contributed by atoms with Gasteiger partial charge in [0.25, 0.3) is 0 Å². The van der Waals surface area contributed by atoms with E-state index in [0.29, 0.717) is 0 Å². The molecule has 0 saturated heterocycles. The Hall–Kier alpha value is -7.94. The van der Waals surface area contributed by atoms with Gasteiger partial charge >= 0.3 is 0 Å². The van der Waals surface area contributed by atoms with Gasteiger partial charge in [0.1, 0.15) is 0 Å². The summed E-state index contributed by atoms with van der Waals surface area (Å²) in [5.74, 6) is 0. The maximum atomic E-state index is 2.43. The molecule has 2 aliphatic rings. The van der Waals surface area contributed by atoms with Crippen molar-refractivity contribution in [2.24, 2.45) is 0 Å². The molecule has 10 aromatic rings. The van der Waals surface area contributed by atoms with Crippen molar-refractivity contribution in [3.8, 4) is 22.3 Å². The normalized spacial score (nSPS) is 12.8. The minimum atomic E-state index is 1.14. The molecule has 2 nitrogen and oxygen atoms in total. The van der Waals surface area contributed by atoms with Gasteiger partial charge in [0, 0.05) is 11.4 Å². The van der Waals surface area contributed by atoms with Crippen molar-refractivity contribution in [3.63, 3.8) is 0 Å². The van der Waals surface area contributed by atoms with Crippen LogP contribution in [-0.4, -0.2) is 0 Å². The van der Waals surface area contributed by atoms with Crippen LogP contribution in [0.25, 0.3) is 78.9 Å². The summed E-state index contributed by atoms with van der Waals surface area (Å²) in [6, 6.07) is 75.5. The Labute approximate surface area is 349 Å². The number of rotatable bonds is 4. The van der Waals surface area contributed by atoms with Gasteiger partial charge in [0.05, 0.1) is 22.7 Å². The van der Waals surface area contributed by atoms with Crippen molar-refractivity contribution in [1.82, 2.24) is 0 Å². The molecule has 2 heteroatoms. The van der Waals surface area contributed by atoms with E-state index >= 15 is 0 Å². The highest BCUT2D eigenvalue weighted by Crippen LogP contribution is 2.48. The van der Waals surface area contributed by atoms with Crippen LogP contribution in [-0.2, 0) is 0 Å². The number of hydrogen-bond donors (Lipinski definition) is 0. The number of para-hydroxylation sites is 4. The molecular weight excluding hydrogens is 725 g/mol. The molecular formula is C58H38N2. The highest BCUT2D eigenvalue weighted by Gasteiger charge is 2.24. The van der Waals surface area contributed by atoms with E-state index < -0.39 is 0 Å². The van der Waals surface area contributed by atoms with E-state index in [4.69, 9.17) is 0 Å². The molecule has 0 bridgehead atoms. The lowest BCUT2D eigenvalue weighted by Gasteiger charge is -2.28. The van der Waals surface area contributed by atoms with Crippen molar-refractivity contribution in [2.75, 3.05) is 9.80 Å². The van der Waals surface area contributed by atoms with Gasteiger partial charge in [0.15, 0.2) is 0 Å². The van der Waals surface area contributed by atoms with E-state index in [1.165, 1.54) is 88.2 Å². The van der Waals surface area contributed by atoms with Crippen LogP contribution in [0.4, 0.5) is 34.1 Å². The molecule has 12 rings (SSSR count). The SMILES string of the molecule is C1=Cc2ccc(-c3cc4cc(-c5ccc6c(c5)N(c5ccccc5)c5ccccc5C=C6)c5ccccc5c4c4ccccc34)cc2N(c2ccccc2)c2ccccc21. The largest absolute Gasteiger partial charge is 0.309 e. The Balaban J connectivity index is 1.08. The molecule has 0 spiro atoms. The number of benzene rings is 10.